The lowest BCUT2D eigenvalue weighted by atomic mass is 10.1. The molecule has 3 rings (SSSR count). The van der Waals surface area contributed by atoms with Gasteiger partial charge in [-0.05, 0) is 43.0 Å². The van der Waals surface area contributed by atoms with E-state index in [1.54, 1.807) is 42.5 Å². The lowest BCUT2D eigenvalue weighted by Crippen LogP contribution is -2.26. The molecule has 0 saturated carbocycles. The van der Waals surface area contributed by atoms with Crippen molar-refractivity contribution in [2.75, 3.05) is 11.9 Å². The molecule has 144 valence electrons. The molecule has 0 fully saturated rings. The number of anilines is 1. The molecule has 0 aliphatic heterocycles. The van der Waals surface area contributed by atoms with E-state index in [0.29, 0.717) is 28.5 Å². The molecule has 1 heterocycles. The Hall–Kier alpha value is -3.12. The van der Waals surface area contributed by atoms with Crippen molar-refractivity contribution in [1.82, 2.24) is 0 Å². The van der Waals surface area contributed by atoms with Gasteiger partial charge in [-0.15, -0.1) is 11.3 Å². The SMILES string of the molecule is CCOc1ccccc1NC(=O)[C@@H](OC(=O)c1sccc1C)c1ccccc1. The van der Waals surface area contributed by atoms with E-state index >= 15 is 0 Å². The number of hydrogen-bond donors (Lipinski definition) is 1. The summed E-state index contributed by atoms with van der Waals surface area (Å²) in [6, 6.07) is 18.0. The molecule has 1 N–H and O–H groups in total. The van der Waals surface area contributed by atoms with Crippen LogP contribution >= 0.6 is 11.3 Å². The third-order valence-corrected chi connectivity index (χ3v) is 5.05. The smallest absolute Gasteiger partial charge is 0.349 e. The standard InChI is InChI=1S/C22H21NO4S/c1-3-26-18-12-8-7-11-17(18)23-21(24)19(16-9-5-4-6-10-16)27-22(25)20-15(2)13-14-28-20/h4-14,19H,3H2,1-2H3,(H,23,24)/t19-/m0/s1. The summed E-state index contributed by atoms with van der Waals surface area (Å²) < 4.78 is 11.2. The first kappa shape index (κ1) is 19.6. The van der Waals surface area contributed by atoms with E-state index in [9.17, 15) is 9.59 Å². The predicted molar refractivity (Wildman–Crippen MR) is 110 cm³/mol. The van der Waals surface area contributed by atoms with Gasteiger partial charge in [0.1, 0.15) is 10.6 Å². The molecule has 0 bridgehead atoms. The van der Waals surface area contributed by atoms with Gasteiger partial charge in [-0.25, -0.2) is 4.79 Å². The van der Waals surface area contributed by atoms with Gasteiger partial charge in [-0.2, -0.15) is 0 Å². The zero-order valence-corrected chi connectivity index (χ0v) is 16.5. The second-order valence-corrected chi connectivity index (χ2v) is 6.96. The summed E-state index contributed by atoms with van der Waals surface area (Å²) in [6.45, 7) is 4.18. The minimum absolute atomic E-state index is 0.444. The lowest BCUT2D eigenvalue weighted by molar-refractivity contribution is -0.125. The maximum atomic E-state index is 13.0. The van der Waals surface area contributed by atoms with Crippen molar-refractivity contribution < 1.29 is 19.1 Å². The van der Waals surface area contributed by atoms with Crippen molar-refractivity contribution in [3.05, 3.63) is 82.0 Å². The summed E-state index contributed by atoms with van der Waals surface area (Å²) in [7, 11) is 0. The van der Waals surface area contributed by atoms with E-state index in [0.717, 1.165) is 5.56 Å². The van der Waals surface area contributed by atoms with Crippen LogP contribution in [0.4, 0.5) is 5.69 Å². The highest BCUT2D eigenvalue weighted by Crippen LogP contribution is 2.28. The molecule has 0 unspecified atom stereocenters. The quantitative estimate of drug-likeness (QED) is 0.572. The molecule has 6 heteroatoms. The maximum absolute atomic E-state index is 13.0. The first-order valence-electron chi connectivity index (χ1n) is 8.93. The van der Waals surface area contributed by atoms with Crippen LogP contribution in [0.1, 0.15) is 33.8 Å². The minimum atomic E-state index is -1.08. The number of hydrogen-bond acceptors (Lipinski definition) is 5. The summed E-state index contributed by atoms with van der Waals surface area (Å²) >= 11 is 1.29. The topological polar surface area (TPSA) is 64.6 Å². The average molecular weight is 395 g/mol. The molecule has 0 saturated heterocycles. The normalized spacial score (nSPS) is 11.5. The van der Waals surface area contributed by atoms with Gasteiger partial charge >= 0.3 is 5.97 Å². The first-order valence-corrected chi connectivity index (χ1v) is 9.80. The van der Waals surface area contributed by atoms with E-state index in [-0.39, 0.29) is 0 Å². The third-order valence-electron chi connectivity index (χ3n) is 4.06. The van der Waals surface area contributed by atoms with Crippen LogP contribution in [0, 0.1) is 6.92 Å². The van der Waals surface area contributed by atoms with Crippen molar-refractivity contribution in [1.29, 1.82) is 0 Å². The molecule has 0 spiro atoms. The number of carbonyl (C=O) groups excluding carboxylic acids is 2. The van der Waals surface area contributed by atoms with Crippen molar-refractivity contribution in [3.8, 4) is 5.75 Å². The monoisotopic (exact) mass is 395 g/mol. The molecule has 0 radical (unpaired) electrons. The number of para-hydroxylation sites is 2. The van der Waals surface area contributed by atoms with Gasteiger partial charge in [0.05, 0.1) is 12.3 Å². The van der Waals surface area contributed by atoms with Gasteiger partial charge in [-0.3, -0.25) is 4.79 Å². The van der Waals surface area contributed by atoms with Gasteiger partial charge in [0.2, 0.25) is 6.10 Å². The zero-order chi connectivity index (χ0) is 19.9. The van der Waals surface area contributed by atoms with Crippen LogP contribution in [0.2, 0.25) is 0 Å². The Kier molecular flexibility index (Phi) is 6.45. The van der Waals surface area contributed by atoms with E-state index in [2.05, 4.69) is 5.32 Å². The average Bonchev–Trinajstić information content (AvgIpc) is 3.14. The second-order valence-electron chi connectivity index (χ2n) is 6.05. The van der Waals surface area contributed by atoms with Gasteiger partial charge in [0.25, 0.3) is 5.91 Å². The van der Waals surface area contributed by atoms with Crippen molar-refractivity contribution in [2.45, 2.75) is 20.0 Å². The van der Waals surface area contributed by atoms with Crippen LogP contribution < -0.4 is 10.1 Å². The number of aryl methyl sites for hydroxylation is 1. The summed E-state index contributed by atoms with van der Waals surface area (Å²) in [5.41, 5.74) is 1.94. The number of benzene rings is 2. The van der Waals surface area contributed by atoms with E-state index in [1.807, 2.05) is 37.4 Å². The molecule has 3 aromatic rings. The van der Waals surface area contributed by atoms with Crippen molar-refractivity contribution >= 4 is 28.9 Å². The number of ether oxygens (including phenoxy) is 2. The molecule has 2 aromatic carbocycles. The van der Waals surface area contributed by atoms with Crippen LogP contribution in [0.3, 0.4) is 0 Å². The molecular formula is C22H21NO4S. The molecule has 5 nitrogen and oxygen atoms in total. The predicted octanol–water partition coefficient (Wildman–Crippen LogP) is 4.99. The number of rotatable bonds is 7. The highest BCUT2D eigenvalue weighted by molar-refractivity contribution is 7.12. The third kappa shape index (κ3) is 4.58. The number of amides is 1. The van der Waals surface area contributed by atoms with Crippen LogP contribution in [0.25, 0.3) is 0 Å². The Balaban J connectivity index is 1.86. The first-order chi connectivity index (χ1) is 13.6. The highest BCUT2D eigenvalue weighted by Gasteiger charge is 2.27. The molecule has 0 aliphatic rings. The van der Waals surface area contributed by atoms with E-state index in [4.69, 9.17) is 9.47 Å². The highest BCUT2D eigenvalue weighted by atomic mass is 32.1. The van der Waals surface area contributed by atoms with Gasteiger partial charge in [-0.1, -0.05) is 42.5 Å². The molecule has 1 aromatic heterocycles. The van der Waals surface area contributed by atoms with Gasteiger partial charge in [0.15, 0.2) is 0 Å². The number of nitrogens with one attached hydrogen (secondary N) is 1. The second kappa shape index (κ2) is 9.19. The van der Waals surface area contributed by atoms with Crippen molar-refractivity contribution in [2.24, 2.45) is 0 Å². The molecule has 1 amide bonds. The Morgan fingerprint density at radius 2 is 1.75 bits per heavy atom. The van der Waals surface area contributed by atoms with Crippen LogP contribution in [-0.4, -0.2) is 18.5 Å². The minimum Gasteiger partial charge on any atom is -0.492 e. The van der Waals surface area contributed by atoms with Gasteiger partial charge < -0.3 is 14.8 Å². The number of thiophene rings is 1. The molecular weight excluding hydrogens is 374 g/mol. The summed E-state index contributed by atoms with van der Waals surface area (Å²) in [5, 5.41) is 4.64. The Morgan fingerprint density at radius 1 is 1.04 bits per heavy atom. The maximum Gasteiger partial charge on any atom is 0.349 e. The Labute approximate surface area is 167 Å². The summed E-state index contributed by atoms with van der Waals surface area (Å²) in [6.07, 6.45) is -1.08. The molecule has 0 aliphatic carbocycles. The fraction of sp³-hybridized carbons (Fsp3) is 0.182. The van der Waals surface area contributed by atoms with E-state index < -0.39 is 18.0 Å². The fourth-order valence-electron chi connectivity index (χ4n) is 2.69. The summed E-state index contributed by atoms with van der Waals surface area (Å²) in [5.74, 6) is -0.402. The molecule has 1 atom stereocenters. The summed E-state index contributed by atoms with van der Waals surface area (Å²) in [4.78, 5) is 26.1. The largest absolute Gasteiger partial charge is 0.492 e. The van der Waals surface area contributed by atoms with Crippen molar-refractivity contribution in [3.63, 3.8) is 0 Å². The van der Waals surface area contributed by atoms with Crippen LogP contribution in [0.15, 0.2) is 66.0 Å². The Bertz CT molecular complexity index is 952. The van der Waals surface area contributed by atoms with Crippen LogP contribution in [-0.2, 0) is 9.53 Å². The molecule has 28 heavy (non-hydrogen) atoms. The Morgan fingerprint density at radius 3 is 2.43 bits per heavy atom. The van der Waals surface area contributed by atoms with E-state index in [1.165, 1.54) is 11.3 Å². The van der Waals surface area contributed by atoms with Crippen LogP contribution in [0.5, 0.6) is 5.75 Å². The fourth-order valence-corrected chi connectivity index (χ4v) is 3.50. The lowest BCUT2D eigenvalue weighted by Gasteiger charge is -2.19. The number of esters is 1. The van der Waals surface area contributed by atoms with Gasteiger partial charge in [0, 0.05) is 5.56 Å². The zero-order valence-electron chi connectivity index (χ0n) is 15.7. The number of carbonyl (C=O) groups is 2.